The van der Waals surface area contributed by atoms with E-state index in [9.17, 15) is 4.79 Å². The van der Waals surface area contributed by atoms with Crippen molar-refractivity contribution in [3.8, 4) is 0 Å². The van der Waals surface area contributed by atoms with Gasteiger partial charge in [-0.15, -0.1) is 0 Å². The first-order valence-electron chi connectivity index (χ1n) is 9.53. The minimum absolute atomic E-state index is 0.0134. The molecule has 1 amide bonds. The Morgan fingerprint density at radius 1 is 0.893 bits per heavy atom. The van der Waals surface area contributed by atoms with Crippen molar-refractivity contribution >= 4 is 16.9 Å². The van der Waals surface area contributed by atoms with Crippen LogP contribution in [0, 0.1) is 6.92 Å². The molecule has 0 radical (unpaired) electrons. The molecular formula is C24H23N3O. The number of aryl methyl sites for hydroxylation is 1. The number of aromatic nitrogens is 2. The van der Waals surface area contributed by atoms with Crippen LogP contribution in [0.1, 0.15) is 22.9 Å². The molecule has 4 nitrogen and oxygen atoms in total. The van der Waals surface area contributed by atoms with E-state index in [1.807, 2.05) is 85.8 Å². The van der Waals surface area contributed by atoms with E-state index in [1.54, 1.807) is 0 Å². The molecule has 0 atom stereocenters. The van der Waals surface area contributed by atoms with Crippen molar-refractivity contribution in [1.82, 2.24) is 14.9 Å². The number of imidazole rings is 1. The molecule has 0 bridgehead atoms. The van der Waals surface area contributed by atoms with Crippen molar-refractivity contribution in [2.24, 2.45) is 0 Å². The Labute approximate surface area is 164 Å². The molecule has 0 fully saturated rings. The van der Waals surface area contributed by atoms with Gasteiger partial charge in [0.05, 0.1) is 17.0 Å². The number of para-hydroxylation sites is 2. The van der Waals surface area contributed by atoms with Gasteiger partial charge in [-0.2, -0.15) is 0 Å². The fraction of sp³-hybridized carbons (Fsp3) is 0.167. The van der Waals surface area contributed by atoms with Crippen molar-refractivity contribution in [1.29, 1.82) is 0 Å². The van der Waals surface area contributed by atoms with Gasteiger partial charge >= 0.3 is 0 Å². The fourth-order valence-corrected chi connectivity index (χ4v) is 3.66. The van der Waals surface area contributed by atoms with Crippen molar-refractivity contribution < 1.29 is 4.79 Å². The normalized spacial score (nSPS) is 11.1. The molecule has 1 heterocycles. The SMILES string of the molecule is Cc1nc2ccccc2n1CCNC(=O)C(c1ccccc1)c1ccccc1. The summed E-state index contributed by atoms with van der Waals surface area (Å²) in [5, 5.41) is 3.12. The molecule has 0 saturated heterocycles. The van der Waals surface area contributed by atoms with Crippen LogP contribution in [0.3, 0.4) is 0 Å². The average Bonchev–Trinajstić information content (AvgIpc) is 3.05. The standard InChI is InChI=1S/C24H23N3O/c1-18-26-21-14-8-9-15-22(21)27(18)17-16-25-24(28)23(19-10-4-2-5-11-19)20-12-6-3-7-13-20/h2-15,23H,16-17H2,1H3,(H,25,28). The number of rotatable bonds is 6. The largest absolute Gasteiger partial charge is 0.353 e. The summed E-state index contributed by atoms with van der Waals surface area (Å²) in [4.78, 5) is 17.7. The predicted octanol–water partition coefficient (Wildman–Crippen LogP) is 4.29. The van der Waals surface area contributed by atoms with Crippen LogP contribution in [0.2, 0.25) is 0 Å². The minimum atomic E-state index is -0.317. The van der Waals surface area contributed by atoms with E-state index >= 15 is 0 Å². The van der Waals surface area contributed by atoms with E-state index in [4.69, 9.17) is 0 Å². The number of nitrogens with one attached hydrogen (secondary N) is 1. The number of hydrogen-bond acceptors (Lipinski definition) is 2. The number of nitrogens with zero attached hydrogens (tertiary/aromatic N) is 2. The molecule has 0 aliphatic heterocycles. The molecular weight excluding hydrogens is 346 g/mol. The van der Waals surface area contributed by atoms with E-state index < -0.39 is 0 Å². The molecule has 4 rings (SSSR count). The number of hydrogen-bond donors (Lipinski definition) is 1. The van der Waals surface area contributed by atoms with E-state index in [-0.39, 0.29) is 11.8 Å². The monoisotopic (exact) mass is 369 g/mol. The summed E-state index contributed by atoms with van der Waals surface area (Å²) < 4.78 is 2.15. The Kier molecular flexibility index (Phi) is 5.20. The smallest absolute Gasteiger partial charge is 0.232 e. The van der Waals surface area contributed by atoms with Crippen LogP contribution in [0.25, 0.3) is 11.0 Å². The van der Waals surface area contributed by atoms with Crippen LogP contribution < -0.4 is 5.32 Å². The number of benzene rings is 3. The third-order valence-electron chi connectivity index (χ3n) is 5.01. The first kappa shape index (κ1) is 18.0. The zero-order valence-corrected chi connectivity index (χ0v) is 15.9. The van der Waals surface area contributed by atoms with Crippen molar-refractivity contribution in [2.45, 2.75) is 19.4 Å². The molecule has 4 aromatic rings. The first-order chi connectivity index (χ1) is 13.7. The Hall–Kier alpha value is -3.40. The zero-order chi connectivity index (χ0) is 19.3. The molecule has 1 aromatic heterocycles. The van der Waals surface area contributed by atoms with Gasteiger partial charge in [0, 0.05) is 13.1 Å². The van der Waals surface area contributed by atoms with Gasteiger partial charge in [0.2, 0.25) is 5.91 Å². The predicted molar refractivity (Wildman–Crippen MR) is 112 cm³/mol. The summed E-state index contributed by atoms with van der Waals surface area (Å²) in [6, 6.07) is 27.9. The van der Waals surface area contributed by atoms with Crippen LogP contribution in [-0.2, 0) is 11.3 Å². The van der Waals surface area contributed by atoms with E-state index in [0.29, 0.717) is 13.1 Å². The van der Waals surface area contributed by atoms with Gasteiger partial charge in [-0.05, 0) is 30.2 Å². The lowest BCUT2D eigenvalue weighted by Gasteiger charge is -2.18. The molecule has 0 saturated carbocycles. The fourth-order valence-electron chi connectivity index (χ4n) is 3.66. The van der Waals surface area contributed by atoms with E-state index in [1.165, 1.54) is 0 Å². The van der Waals surface area contributed by atoms with Gasteiger partial charge in [-0.3, -0.25) is 4.79 Å². The highest BCUT2D eigenvalue weighted by molar-refractivity contribution is 5.87. The molecule has 4 heteroatoms. The maximum absolute atomic E-state index is 13.1. The quantitative estimate of drug-likeness (QED) is 0.551. The highest BCUT2D eigenvalue weighted by Crippen LogP contribution is 2.24. The van der Waals surface area contributed by atoms with Crippen molar-refractivity contribution in [2.75, 3.05) is 6.54 Å². The number of carbonyl (C=O) groups excluding carboxylic acids is 1. The lowest BCUT2D eigenvalue weighted by Crippen LogP contribution is -2.32. The second-order valence-electron chi connectivity index (χ2n) is 6.84. The topological polar surface area (TPSA) is 46.9 Å². The van der Waals surface area contributed by atoms with Crippen LogP contribution in [0.4, 0.5) is 0 Å². The summed E-state index contributed by atoms with van der Waals surface area (Å²) in [5.74, 6) is 0.653. The second kappa shape index (κ2) is 8.09. The zero-order valence-electron chi connectivity index (χ0n) is 15.9. The Morgan fingerprint density at radius 2 is 1.46 bits per heavy atom. The Balaban J connectivity index is 1.51. The molecule has 1 N–H and O–H groups in total. The molecule has 0 aliphatic rings. The molecule has 0 aliphatic carbocycles. The molecule has 28 heavy (non-hydrogen) atoms. The highest BCUT2D eigenvalue weighted by atomic mass is 16.1. The van der Waals surface area contributed by atoms with E-state index in [2.05, 4.69) is 20.9 Å². The van der Waals surface area contributed by atoms with Crippen LogP contribution in [0.5, 0.6) is 0 Å². The molecule has 0 unspecified atom stereocenters. The maximum Gasteiger partial charge on any atom is 0.232 e. The highest BCUT2D eigenvalue weighted by Gasteiger charge is 2.22. The second-order valence-corrected chi connectivity index (χ2v) is 6.84. The van der Waals surface area contributed by atoms with Crippen LogP contribution in [-0.4, -0.2) is 22.0 Å². The summed E-state index contributed by atoms with van der Waals surface area (Å²) in [6.07, 6.45) is 0. The molecule has 140 valence electrons. The number of amides is 1. The van der Waals surface area contributed by atoms with Crippen molar-refractivity contribution in [3.05, 3.63) is 102 Å². The average molecular weight is 369 g/mol. The summed E-state index contributed by atoms with van der Waals surface area (Å²) in [7, 11) is 0. The van der Waals surface area contributed by atoms with Gasteiger partial charge in [0.1, 0.15) is 5.82 Å². The van der Waals surface area contributed by atoms with E-state index in [0.717, 1.165) is 28.0 Å². The molecule has 3 aromatic carbocycles. The summed E-state index contributed by atoms with van der Waals surface area (Å²) in [5.41, 5.74) is 4.07. The van der Waals surface area contributed by atoms with Gasteiger partial charge in [-0.1, -0.05) is 72.8 Å². The summed E-state index contributed by atoms with van der Waals surface area (Å²) in [6.45, 7) is 3.24. The Morgan fingerprint density at radius 3 is 2.11 bits per heavy atom. The number of carbonyl (C=O) groups is 1. The first-order valence-corrected chi connectivity index (χ1v) is 9.53. The Bertz CT molecular complexity index is 1030. The van der Waals surface area contributed by atoms with Crippen LogP contribution in [0.15, 0.2) is 84.9 Å². The third kappa shape index (κ3) is 3.67. The summed E-state index contributed by atoms with van der Waals surface area (Å²) >= 11 is 0. The third-order valence-corrected chi connectivity index (χ3v) is 5.01. The van der Waals surface area contributed by atoms with Crippen molar-refractivity contribution in [3.63, 3.8) is 0 Å². The van der Waals surface area contributed by atoms with Gasteiger partial charge in [0.25, 0.3) is 0 Å². The van der Waals surface area contributed by atoms with Crippen LogP contribution >= 0.6 is 0 Å². The lowest BCUT2D eigenvalue weighted by atomic mass is 9.90. The minimum Gasteiger partial charge on any atom is -0.353 e. The lowest BCUT2D eigenvalue weighted by molar-refractivity contribution is -0.121. The molecule has 0 spiro atoms. The number of fused-ring (bicyclic) bond motifs is 1. The van der Waals surface area contributed by atoms with Gasteiger partial charge in [-0.25, -0.2) is 4.98 Å². The maximum atomic E-state index is 13.1. The van der Waals surface area contributed by atoms with Gasteiger partial charge in [0.15, 0.2) is 0 Å². The van der Waals surface area contributed by atoms with Gasteiger partial charge < -0.3 is 9.88 Å².